The second-order valence-corrected chi connectivity index (χ2v) is 7.48. The molecule has 4 nitrogen and oxygen atoms in total. The minimum Gasteiger partial charge on any atom is -0.350 e. The number of carbonyl (C=O) groups is 1. The normalized spacial score (nSPS) is 13.8. The summed E-state index contributed by atoms with van der Waals surface area (Å²) in [7, 11) is -3.50. The summed E-state index contributed by atoms with van der Waals surface area (Å²) in [6.07, 6.45) is 0. The lowest BCUT2D eigenvalue weighted by Crippen LogP contribution is -2.45. The molecule has 0 saturated carbocycles. The molecule has 20 heavy (non-hydrogen) atoms. The van der Waals surface area contributed by atoms with Crippen molar-refractivity contribution in [3.8, 4) is 0 Å². The number of aryl methyl sites for hydroxylation is 1. The van der Waals surface area contributed by atoms with E-state index in [2.05, 4.69) is 5.32 Å². The topological polar surface area (TPSA) is 63.2 Å². The molecular formula is C14H20FNO3S. The number of amides is 1. The van der Waals surface area contributed by atoms with Crippen molar-refractivity contribution < 1.29 is 17.6 Å². The molecule has 0 heterocycles. The Hall–Kier alpha value is -1.43. The van der Waals surface area contributed by atoms with Gasteiger partial charge in [-0.2, -0.15) is 0 Å². The van der Waals surface area contributed by atoms with Gasteiger partial charge in [0.25, 0.3) is 5.91 Å². The monoisotopic (exact) mass is 301 g/mol. The Balaban J connectivity index is 2.76. The molecule has 1 amide bonds. The molecule has 1 rings (SSSR count). The molecular weight excluding hydrogens is 281 g/mol. The number of nitrogens with one attached hydrogen (secondary N) is 1. The van der Waals surface area contributed by atoms with Gasteiger partial charge >= 0.3 is 0 Å². The van der Waals surface area contributed by atoms with Gasteiger partial charge in [0.05, 0.1) is 10.6 Å². The Morgan fingerprint density at radius 2 is 1.80 bits per heavy atom. The van der Waals surface area contributed by atoms with Crippen LogP contribution in [0.15, 0.2) is 29.2 Å². The van der Waals surface area contributed by atoms with Gasteiger partial charge in [-0.25, -0.2) is 12.8 Å². The van der Waals surface area contributed by atoms with Crippen LogP contribution in [0.25, 0.3) is 0 Å². The van der Waals surface area contributed by atoms with E-state index < -0.39 is 27.5 Å². The summed E-state index contributed by atoms with van der Waals surface area (Å²) in [5.41, 5.74) is -1.06. The van der Waals surface area contributed by atoms with Gasteiger partial charge in [0.1, 0.15) is 0 Å². The van der Waals surface area contributed by atoms with Crippen molar-refractivity contribution in [3.05, 3.63) is 29.8 Å². The molecule has 0 spiro atoms. The summed E-state index contributed by atoms with van der Waals surface area (Å²) >= 11 is 0. The number of rotatable bonds is 5. The highest BCUT2D eigenvalue weighted by atomic mass is 32.2. The first-order valence-electron chi connectivity index (χ1n) is 6.31. The Kier molecular flexibility index (Phi) is 4.91. The first-order valence-corrected chi connectivity index (χ1v) is 7.97. The van der Waals surface area contributed by atoms with E-state index in [4.69, 9.17) is 0 Å². The van der Waals surface area contributed by atoms with Crippen molar-refractivity contribution in [3.63, 3.8) is 0 Å². The van der Waals surface area contributed by atoms with Crippen LogP contribution in [0.1, 0.15) is 26.3 Å². The summed E-state index contributed by atoms with van der Waals surface area (Å²) in [5, 5.41) is 2.36. The largest absolute Gasteiger partial charge is 0.350 e. The first kappa shape index (κ1) is 16.6. The first-order chi connectivity index (χ1) is 9.02. The molecule has 0 bridgehead atoms. The second-order valence-electron chi connectivity index (χ2n) is 5.44. The maximum Gasteiger partial charge on any atom is 0.257 e. The van der Waals surface area contributed by atoms with Gasteiger partial charge < -0.3 is 5.32 Å². The highest BCUT2D eigenvalue weighted by Gasteiger charge is 2.29. The van der Waals surface area contributed by atoms with E-state index in [1.807, 2.05) is 6.92 Å². The van der Waals surface area contributed by atoms with Crippen molar-refractivity contribution in [2.75, 3.05) is 5.75 Å². The van der Waals surface area contributed by atoms with Crippen LogP contribution in [0, 0.1) is 6.92 Å². The van der Waals surface area contributed by atoms with Crippen molar-refractivity contribution in [1.29, 1.82) is 0 Å². The zero-order chi connectivity index (χ0) is 15.6. The molecule has 0 radical (unpaired) electrons. The molecule has 0 aliphatic carbocycles. The summed E-state index contributed by atoms with van der Waals surface area (Å²) in [5.74, 6) is -1.08. The molecule has 1 N–H and O–H groups in total. The van der Waals surface area contributed by atoms with Gasteiger partial charge in [-0.15, -0.1) is 0 Å². The maximum absolute atomic E-state index is 13.4. The number of sulfone groups is 1. The van der Waals surface area contributed by atoms with E-state index in [1.54, 1.807) is 12.1 Å². The minimum atomic E-state index is -3.50. The Morgan fingerprint density at radius 3 is 2.25 bits per heavy atom. The molecule has 1 aromatic rings. The third-order valence-electron chi connectivity index (χ3n) is 2.77. The molecule has 0 aromatic heterocycles. The summed E-state index contributed by atoms with van der Waals surface area (Å²) in [6.45, 7) is 5.66. The summed E-state index contributed by atoms with van der Waals surface area (Å²) < 4.78 is 37.7. The van der Waals surface area contributed by atoms with Gasteiger partial charge in [-0.05, 0) is 39.8 Å². The predicted molar refractivity (Wildman–Crippen MR) is 76.0 cm³/mol. The fraction of sp³-hybridized carbons (Fsp3) is 0.500. The smallest absolute Gasteiger partial charge is 0.257 e. The molecule has 1 unspecified atom stereocenters. The van der Waals surface area contributed by atoms with Crippen LogP contribution in [0.4, 0.5) is 4.39 Å². The third-order valence-corrected chi connectivity index (χ3v) is 4.70. The summed E-state index contributed by atoms with van der Waals surface area (Å²) in [6, 6.07) is 5.81. The molecule has 0 aliphatic heterocycles. The lowest BCUT2D eigenvalue weighted by molar-refractivity contribution is -0.131. The molecule has 1 aromatic carbocycles. The van der Waals surface area contributed by atoms with E-state index in [-0.39, 0.29) is 10.6 Å². The SMILES string of the molecule is Cc1ccc(S(=O)(=O)CC(C)NC(=O)C(C)(C)F)cc1. The maximum atomic E-state index is 13.4. The quantitative estimate of drug-likeness (QED) is 0.905. The van der Waals surface area contributed by atoms with Gasteiger partial charge in [0, 0.05) is 6.04 Å². The number of hydrogen-bond donors (Lipinski definition) is 1. The number of benzene rings is 1. The van der Waals surface area contributed by atoms with E-state index in [9.17, 15) is 17.6 Å². The van der Waals surface area contributed by atoms with Crippen molar-refractivity contribution in [1.82, 2.24) is 5.32 Å². The Labute approximate surface area is 119 Å². The zero-order valence-electron chi connectivity index (χ0n) is 12.1. The minimum absolute atomic E-state index is 0.198. The van der Waals surface area contributed by atoms with Crippen LogP contribution in [0.2, 0.25) is 0 Å². The fourth-order valence-electron chi connectivity index (χ4n) is 1.61. The average Bonchev–Trinajstić information content (AvgIpc) is 2.27. The van der Waals surface area contributed by atoms with Gasteiger partial charge in [0.15, 0.2) is 15.5 Å². The lowest BCUT2D eigenvalue weighted by atomic mass is 10.1. The summed E-state index contributed by atoms with van der Waals surface area (Å²) in [4.78, 5) is 11.7. The number of carbonyl (C=O) groups excluding carboxylic acids is 1. The van der Waals surface area contributed by atoms with Crippen molar-refractivity contribution in [2.45, 2.75) is 44.3 Å². The molecule has 112 valence electrons. The van der Waals surface area contributed by atoms with Gasteiger partial charge in [0.2, 0.25) is 0 Å². The van der Waals surface area contributed by atoms with E-state index in [0.29, 0.717) is 0 Å². The standard InChI is InChI=1S/C14H20FNO3S/c1-10-5-7-12(8-6-10)20(18,19)9-11(2)16-13(17)14(3,4)15/h5-8,11H,9H2,1-4H3,(H,16,17). The lowest BCUT2D eigenvalue weighted by Gasteiger charge is -2.19. The second kappa shape index (κ2) is 5.91. The highest BCUT2D eigenvalue weighted by Crippen LogP contribution is 2.14. The van der Waals surface area contributed by atoms with Crippen LogP contribution in [0.5, 0.6) is 0 Å². The van der Waals surface area contributed by atoms with Crippen LogP contribution < -0.4 is 5.32 Å². The van der Waals surface area contributed by atoms with Crippen molar-refractivity contribution in [2.24, 2.45) is 0 Å². The zero-order valence-corrected chi connectivity index (χ0v) is 12.9. The third kappa shape index (κ3) is 4.59. The van der Waals surface area contributed by atoms with Crippen LogP contribution in [-0.2, 0) is 14.6 Å². The molecule has 0 saturated heterocycles. The van der Waals surface area contributed by atoms with E-state index in [0.717, 1.165) is 19.4 Å². The van der Waals surface area contributed by atoms with Crippen LogP contribution >= 0.6 is 0 Å². The van der Waals surface area contributed by atoms with E-state index >= 15 is 0 Å². The van der Waals surface area contributed by atoms with Gasteiger partial charge in [-0.3, -0.25) is 4.79 Å². The predicted octanol–water partition coefficient (Wildman–Crippen LogP) is 2.02. The number of hydrogen-bond acceptors (Lipinski definition) is 3. The highest BCUT2D eigenvalue weighted by molar-refractivity contribution is 7.91. The average molecular weight is 301 g/mol. The fourth-order valence-corrected chi connectivity index (χ4v) is 3.09. The van der Waals surface area contributed by atoms with Crippen LogP contribution in [0.3, 0.4) is 0 Å². The van der Waals surface area contributed by atoms with Crippen LogP contribution in [-0.4, -0.2) is 31.8 Å². The molecule has 0 fully saturated rings. The Morgan fingerprint density at radius 1 is 1.30 bits per heavy atom. The molecule has 1 atom stereocenters. The Bertz CT molecular complexity index is 573. The molecule has 0 aliphatic rings. The van der Waals surface area contributed by atoms with Gasteiger partial charge in [-0.1, -0.05) is 17.7 Å². The molecule has 6 heteroatoms. The number of halogens is 1. The van der Waals surface area contributed by atoms with Crippen molar-refractivity contribution >= 4 is 15.7 Å². The van der Waals surface area contributed by atoms with E-state index in [1.165, 1.54) is 19.1 Å². The number of alkyl halides is 1.